The van der Waals surface area contributed by atoms with E-state index in [9.17, 15) is 13.2 Å². The van der Waals surface area contributed by atoms with Crippen LogP contribution in [0.15, 0.2) is 29.2 Å². The monoisotopic (exact) mass is 309 g/mol. The van der Waals surface area contributed by atoms with Crippen molar-refractivity contribution in [3.05, 3.63) is 29.8 Å². The first-order chi connectivity index (χ1) is 9.97. The molecule has 0 heterocycles. The standard InChI is InChI=1S/C16H23NO3S/c1-21(19,20)15-11-7-6-8-13(15)12-16(18)17-14-9-4-2-3-5-10-14/h6-8,11,14H,2-5,9-10,12H2,1H3,(H,17,18). The quantitative estimate of drug-likeness (QED) is 0.869. The Morgan fingerprint density at radius 1 is 1.14 bits per heavy atom. The molecular weight excluding hydrogens is 286 g/mol. The predicted molar refractivity (Wildman–Crippen MR) is 82.9 cm³/mol. The summed E-state index contributed by atoms with van der Waals surface area (Å²) in [5.74, 6) is -0.0852. The number of nitrogens with one attached hydrogen (secondary N) is 1. The van der Waals surface area contributed by atoms with Crippen molar-refractivity contribution in [1.82, 2.24) is 5.32 Å². The van der Waals surface area contributed by atoms with Crippen LogP contribution >= 0.6 is 0 Å². The Balaban J connectivity index is 2.03. The molecule has 1 fully saturated rings. The van der Waals surface area contributed by atoms with E-state index in [1.807, 2.05) is 0 Å². The number of rotatable bonds is 4. The van der Waals surface area contributed by atoms with Gasteiger partial charge in [0.2, 0.25) is 5.91 Å². The molecule has 0 bridgehead atoms. The van der Waals surface area contributed by atoms with E-state index in [2.05, 4.69) is 5.32 Å². The summed E-state index contributed by atoms with van der Waals surface area (Å²) in [6.07, 6.45) is 8.15. The second kappa shape index (κ2) is 7.07. The lowest BCUT2D eigenvalue weighted by Gasteiger charge is -2.16. The average Bonchev–Trinajstić information content (AvgIpc) is 2.66. The number of hydrogen-bond donors (Lipinski definition) is 1. The fourth-order valence-electron chi connectivity index (χ4n) is 2.89. The molecule has 5 heteroatoms. The topological polar surface area (TPSA) is 63.2 Å². The number of carbonyl (C=O) groups excluding carboxylic acids is 1. The number of amides is 1. The molecular formula is C16H23NO3S. The molecule has 1 amide bonds. The number of carbonyl (C=O) groups is 1. The van der Waals surface area contributed by atoms with E-state index >= 15 is 0 Å². The maximum absolute atomic E-state index is 12.2. The zero-order valence-corrected chi connectivity index (χ0v) is 13.3. The van der Waals surface area contributed by atoms with Crippen LogP contribution in [-0.2, 0) is 21.1 Å². The molecule has 21 heavy (non-hydrogen) atoms. The SMILES string of the molecule is CS(=O)(=O)c1ccccc1CC(=O)NC1CCCCCC1. The van der Waals surface area contributed by atoms with Crippen LogP contribution in [0, 0.1) is 0 Å². The van der Waals surface area contributed by atoms with Crippen molar-refractivity contribution >= 4 is 15.7 Å². The van der Waals surface area contributed by atoms with Gasteiger partial charge in [0, 0.05) is 12.3 Å². The molecule has 0 spiro atoms. The van der Waals surface area contributed by atoms with Crippen molar-refractivity contribution < 1.29 is 13.2 Å². The maximum Gasteiger partial charge on any atom is 0.224 e. The summed E-state index contributed by atoms with van der Waals surface area (Å²) in [6.45, 7) is 0. The van der Waals surface area contributed by atoms with Gasteiger partial charge in [-0.1, -0.05) is 43.9 Å². The van der Waals surface area contributed by atoms with E-state index in [0.29, 0.717) is 5.56 Å². The summed E-state index contributed by atoms with van der Waals surface area (Å²) in [5, 5.41) is 3.05. The molecule has 1 aromatic carbocycles. The molecule has 2 rings (SSSR count). The highest BCUT2D eigenvalue weighted by molar-refractivity contribution is 7.90. The molecule has 0 saturated heterocycles. The Bertz CT molecular complexity index is 587. The van der Waals surface area contributed by atoms with Gasteiger partial charge in [-0.05, 0) is 24.5 Å². The average molecular weight is 309 g/mol. The Hall–Kier alpha value is -1.36. The van der Waals surface area contributed by atoms with Crippen molar-refractivity contribution in [1.29, 1.82) is 0 Å². The minimum atomic E-state index is -3.30. The highest BCUT2D eigenvalue weighted by Gasteiger charge is 2.18. The van der Waals surface area contributed by atoms with Crippen LogP contribution in [-0.4, -0.2) is 26.6 Å². The molecule has 116 valence electrons. The van der Waals surface area contributed by atoms with Gasteiger partial charge in [0.25, 0.3) is 0 Å². The first-order valence-electron chi connectivity index (χ1n) is 7.54. The first kappa shape index (κ1) is 16.0. The minimum Gasteiger partial charge on any atom is -0.353 e. The molecule has 0 aromatic heterocycles. The molecule has 1 aliphatic carbocycles. The first-order valence-corrected chi connectivity index (χ1v) is 9.43. The van der Waals surface area contributed by atoms with E-state index in [1.165, 1.54) is 19.1 Å². The molecule has 0 radical (unpaired) electrons. The van der Waals surface area contributed by atoms with Gasteiger partial charge in [0.1, 0.15) is 0 Å². The van der Waals surface area contributed by atoms with Crippen molar-refractivity contribution in [2.45, 2.75) is 55.9 Å². The number of benzene rings is 1. The van der Waals surface area contributed by atoms with Gasteiger partial charge in [-0.15, -0.1) is 0 Å². The predicted octanol–water partition coefficient (Wildman–Crippen LogP) is 2.47. The molecule has 0 aliphatic heterocycles. The maximum atomic E-state index is 12.2. The van der Waals surface area contributed by atoms with Crippen LogP contribution in [0.3, 0.4) is 0 Å². The second-order valence-electron chi connectivity index (χ2n) is 5.81. The van der Waals surface area contributed by atoms with E-state index in [1.54, 1.807) is 24.3 Å². The number of hydrogen-bond acceptors (Lipinski definition) is 3. The molecule has 1 aromatic rings. The Kier molecular flexibility index (Phi) is 5.39. The van der Waals surface area contributed by atoms with Gasteiger partial charge in [0.05, 0.1) is 11.3 Å². The van der Waals surface area contributed by atoms with Crippen LogP contribution in [0.2, 0.25) is 0 Å². The highest BCUT2D eigenvalue weighted by Crippen LogP contribution is 2.18. The number of sulfone groups is 1. The van der Waals surface area contributed by atoms with Crippen LogP contribution < -0.4 is 5.32 Å². The lowest BCUT2D eigenvalue weighted by atomic mass is 10.1. The van der Waals surface area contributed by atoms with Gasteiger partial charge in [0.15, 0.2) is 9.84 Å². The summed E-state index contributed by atoms with van der Waals surface area (Å²) >= 11 is 0. The zero-order chi connectivity index (χ0) is 15.3. The lowest BCUT2D eigenvalue weighted by Crippen LogP contribution is -2.35. The van der Waals surface area contributed by atoms with E-state index in [0.717, 1.165) is 25.7 Å². The summed E-state index contributed by atoms with van der Waals surface area (Å²) in [5.41, 5.74) is 0.575. The van der Waals surface area contributed by atoms with E-state index in [-0.39, 0.29) is 23.3 Å². The van der Waals surface area contributed by atoms with Gasteiger partial charge < -0.3 is 5.32 Å². The molecule has 1 saturated carbocycles. The van der Waals surface area contributed by atoms with E-state index < -0.39 is 9.84 Å². The molecule has 4 nitrogen and oxygen atoms in total. The summed E-state index contributed by atoms with van der Waals surface area (Å²) < 4.78 is 23.5. The third-order valence-electron chi connectivity index (χ3n) is 3.94. The van der Waals surface area contributed by atoms with Crippen LogP contribution in [0.1, 0.15) is 44.1 Å². The van der Waals surface area contributed by atoms with Gasteiger partial charge >= 0.3 is 0 Å². The van der Waals surface area contributed by atoms with Crippen molar-refractivity contribution in [2.24, 2.45) is 0 Å². The lowest BCUT2D eigenvalue weighted by molar-refractivity contribution is -0.121. The molecule has 0 atom stereocenters. The smallest absolute Gasteiger partial charge is 0.224 e. The third-order valence-corrected chi connectivity index (χ3v) is 5.14. The van der Waals surface area contributed by atoms with Gasteiger partial charge in [-0.3, -0.25) is 4.79 Å². The van der Waals surface area contributed by atoms with Crippen LogP contribution in [0.25, 0.3) is 0 Å². The Labute approximate surface area is 126 Å². The Morgan fingerprint density at radius 3 is 2.38 bits per heavy atom. The molecule has 1 aliphatic rings. The second-order valence-corrected chi connectivity index (χ2v) is 7.80. The van der Waals surface area contributed by atoms with Crippen molar-refractivity contribution in [3.8, 4) is 0 Å². The fourth-order valence-corrected chi connectivity index (χ4v) is 3.83. The van der Waals surface area contributed by atoms with Crippen LogP contribution in [0.5, 0.6) is 0 Å². The van der Waals surface area contributed by atoms with Crippen molar-refractivity contribution in [3.63, 3.8) is 0 Å². The normalized spacial score (nSPS) is 17.2. The third kappa shape index (κ3) is 4.84. The van der Waals surface area contributed by atoms with Crippen LogP contribution in [0.4, 0.5) is 0 Å². The summed E-state index contributed by atoms with van der Waals surface area (Å²) in [7, 11) is -3.30. The summed E-state index contributed by atoms with van der Waals surface area (Å²) in [4.78, 5) is 12.4. The zero-order valence-electron chi connectivity index (χ0n) is 12.5. The van der Waals surface area contributed by atoms with Crippen molar-refractivity contribution in [2.75, 3.05) is 6.26 Å². The van der Waals surface area contributed by atoms with E-state index in [4.69, 9.17) is 0 Å². The van der Waals surface area contributed by atoms with Gasteiger partial charge in [-0.25, -0.2) is 8.42 Å². The minimum absolute atomic E-state index is 0.0852. The summed E-state index contributed by atoms with van der Waals surface area (Å²) in [6, 6.07) is 6.96. The van der Waals surface area contributed by atoms with Gasteiger partial charge in [-0.2, -0.15) is 0 Å². The largest absolute Gasteiger partial charge is 0.353 e. The molecule has 0 unspecified atom stereocenters. The highest BCUT2D eigenvalue weighted by atomic mass is 32.2. The fraction of sp³-hybridized carbons (Fsp3) is 0.562. The Morgan fingerprint density at radius 2 is 1.76 bits per heavy atom. The molecule has 1 N–H and O–H groups in total.